The second-order valence-electron chi connectivity index (χ2n) is 2.66. The number of hydrogen-bond acceptors (Lipinski definition) is 1. The molecule has 2 aliphatic carbocycles. The van der Waals surface area contributed by atoms with Crippen molar-refractivity contribution < 1.29 is 4.74 Å². The molecule has 0 amide bonds. The van der Waals surface area contributed by atoms with Gasteiger partial charge in [-0.3, -0.25) is 0 Å². The number of fused-ring (bicyclic) bond motifs is 2. The van der Waals surface area contributed by atoms with Crippen LogP contribution in [-0.4, -0.2) is 7.11 Å². The van der Waals surface area contributed by atoms with Gasteiger partial charge in [-0.1, -0.05) is 12.2 Å². The van der Waals surface area contributed by atoms with Crippen molar-refractivity contribution in [3.63, 3.8) is 0 Å². The Kier molecular flexibility index (Phi) is 0.922. The Balaban J connectivity index is 2.22. The minimum atomic E-state index is 0.611. The number of allylic oxidation sites excluding steroid dienone is 3. The van der Waals surface area contributed by atoms with Gasteiger partial charge in [-0.25, -0.2) is 0 Å². The first-order valence-corrected chi connectivity index (χ1v) is 3.34. The van der Waals surface area contributed by atoms with Gasteiger partial charge in [0.05, 0.1) is 12.9 Å². The lowest BCUT2D eigenvalue weighted by atomic mass is 10.1. The standard InChI is InChI=1S/C8H10O/c1-9-8-5-6-2-3-7(8)4-6/h2-3,5-7H,4H2,1H3/t6-,7+/m0/s1. The van der Waals surface area contributed by atoms with Gasteiger partial charge in [0.2, 0.25) is 0 Å². The normalized spacial score (nSPS) is 37.2. The fourth-order valence-corrected chi connectivity index (χ4v) is 1.62. The van der Waals surface area contributed by atoms with Crippen molar-refractivity contribution in [1.82, 2.24) is 0 Å². The van der Waals surface area contributed by atoms with Crippen LogP contribution in [0.3, 0.4) is 0 Å². The third kappa shape index (κ3) is 0.607. The maximum absolute atomic E-state index is 5.15. The van der Waals surface area contributed by atoms with E-state index in [2.05, 4.69) is 18.2 Å². The van der Waals surface area contributed by atoms with Crippen LogP contribution >= 0.6 is 0 Å². The van der Waals surface area contributed by atoms with Gasteiger partial charge < -0.3 is 4.74 Å². The van der Waals surface area contributed by atoms with Gasteiger partial charge in [-0.05, 0) is 18.4 Å². The summed E-state index contributed by atoms with van der Waals surface area (Å²) in [5.74, 6) is 2.47. The summed E-state index contributed by atoms with van der Waals surface area (Å²) in [4.78, 5) is 0. The average Bonchev–Trinajstić information content (AvgIpc) is 2.45. The zero-order valence-electron chi connectivity index (χ0n) is 5.50. The van der Waals surface area contributed by atoms with E-state index >= 15 is 0 Å². The van der Waals surface area contributed by atoms with Crippen LogP contribution in [-0.2, 0) is 4.74 Å². The molecule has 9 heavy (non-hydrogen) atoms. The van der Waals surface area contributed by atoms with E-state index in [4.69, 9.17) is 4.74 Å². The first kappa shape index (κ1) is 5.10. The molecule has 1 nitrogen and oxygen atoms in total. The summed E-state index contributed by atoms with van der Waals surface area (Å²) in [5.41, 5.74) is 0. The SMILES string of the molecule is COC1=C[C@H]2C=C[C@@H]1C2. The summed E-state index contributed by atoms with van der Waals surface area (Å²) in [6.45, 7) is 0. The minimum absolute atomic E-state index is 0.611. The van der Waals surface area contributed by atoms with Gasteiger partial charge in [0.25, 0.3) is 0 Å². The van der Waals surface area contributed by atoms with Gasteiger partial charge in [-0.15, -0.1) is 0 Å². The van der Waals surface area contributed by atoms with Crippen LogP contribution in [0.4, 0.5) is 0 Å². The molecule has 0 fully saturated rings. The van der Waals surface area contributed by atoms with E-state index in [-0.39, 0.29) is 0 Å². The third-order valence-electron chi connectivity index (χ3n) is 2.10. The smallest absolute Gasteiger partial charge is 0.0990 e. The molecule has 0 unspecified atom stereocenters. The lowest BCUT2D eigenvalue weighted by Gasteiger charge is -2.06. The highest BCUT2D eigenvalue weighted by molar-refractivity contribution is 5.26. The highest BCUT2D eigenvalue weighted by Crippen LogP contribution is 2.37. The topological polar surface area (TPSA) is 9.23 Å². The van der Waals surface area contributed by atoms with Crippen LogP contribution in [0.1, 0.15) is 6.42 Å². The summed E-state index contributed by atoms with van der Waals surface area (Å²) in [6, 6.07) is 0. The van der Waals surface area contributed by atoms with Crippen molar-refractivity contribution in [1.29, 1.82) is 0 Å². The molecule has 0 aromatic heterocycles. The third-order valence-corrected chi connectivity index (χ3v) is 2.10. The van der Waals surface area contributed by atoms with Gasteiger partial charge in [0.1, 0.15) is 0 Å². The Morgan fingerprint density at radius 2 is 2.44 bits per heavy atom. The molecule has 0 N–H and O–H groups in total. The molecule has 2 aliphatic rings. The molecular weight excluding hydrogens is 112 g/mol. The maximum Gasteiger partial charge on any atom is 0.0990 e. The molecule has 2 bridgehead atoms. The molecule has 0 spiro atoms. The first-order valence-electron chi connectivity index (χ1n) is 3.34. The van der Waals surface area contributed by atoms with Crippen LogP contribution in [0.5, 0.6) is 0 Å². The molecule has 2 rings (SSSR count). The predicted octanol–water partition coefficient (Wildman–Crippen LogP) is 1.72. The molecule has 0 radical (unpaired) electrons. The largest absolute Gasteiger partial charge is 0.501 e. The van der Waals surface area contributed by atoms with E-state index in [9.17, 15) is 0 Å². The monoisotopic (exact) mass is 122 g/mol. The number of rotatable bonds is 1. The molecule has 0 heterocycles. The van der Waals surface area contributed by atoms with Crippen molar-refractivity contribution >= 4 is 0 Å². The molecule has 0 aromatic carbocycles. The Labute approximate surface area is 55.0 Å². The highest BCUT2D eigenvalue weighted by Gasteiger charge is 2.28. The summed E-state index contributed by atoms with van der Waals surface area (Å²) in [5, 5.41) is 0. The van der Waals surface area contributed by atoms with Gasteiger partial charge >= 0.3 is 0 Å². The van der Waals surface area contributed by atoms with E-state index in [1.807, 2.05) is 0 Å². The zero-order chi connectivity index (χ0) is 6.27. The van der Waals surface area contributed by atoms with E-state index in [1.54, 1.807) is 7.11 Å². The van der Waals surface area contributed by atoms with Gasteiger partial charge in [0, 0.05) is 5.92 Å². The second-order valence-corrected chi connectivity index (χ2v) is 2.66. The number of hydrogen-bond donors (Lipinski definition) is 0. The van der Waals surface area contributed by atoms with Crippen LogP contribution in [0, 0.1) is 11.8 Å². The molecule has 2 atom stereocenters. The molecule has 0 aliphatic heterocycles. The zero-order valence-corrected chi connectivity index (χ0v) is 5.50. The van der Waals surface area contributed by atoms with Crippen LogP contribution in [0.2, 0.25) is 0 Å². The van der Waals surface area contributed by atoms with E-state index in [0.717, 1.165) is 0 Å². The minimum Gasteiger partial charge on any atom is -0.501 e. The molecule has 48 valence electrons. The molecule has 0 saturated heterocycles. The quantitative estimate of drug-likeness (QED) is 0.481. The van der Waals surface area contributed by atoms with E-state index in [1.165, 1.54) is 12.2 Å². The van der Waals surface area contributed by atoms with Crippen molar-refractivity contribution in [2.75, 3.05) is 7.11 Å². The Morgan fingerprint density at radius 3 is 2.78 bits per heavy atom. The molecule has 1 heteroatoms. The average molecular weight is 122 g/mol. The summed E-state index contributed by atoms with van der Waals surface area (Å²) >= 11 is 0. The van der Waals surface area contributed by atoms with Crippen LogP contribution in [0.25, 0.3) is 0 Å². The molecule has 0 aromatic rings. The lowest BCUT2D eigenvalue weighted by Crippen LogP contribution is -1.94. The van der Waals surface area contributed by atoms with Crippen LogP contribution in [0.15, 0.2) is 24.0 Å². The van der Waals surface area contributed by atoms with Crippen molar-refractivity contribution in [2.45, 2.75) is 6.42 Å². The fourth-order valence-electron chi connectivity index (χ4n) is 1.62. The second kappa shape index (κ2) is 1.63. The predicted molar refractivity (Wildman–Crippen MR) is 35.8 cm³/mol. The number of ether oxygens (including phenoxy) is 1. The lowest BCUT2D eigenvalue weighted by molar-refractivity contribution is 0.264. The van der Waals surface area contributed by atoms with Crippen molar-refractivity contribution in [3.8, 4) is 0 Å². The number of methoxy groups -OCH3 is 1. The summed E-state index contributed by atoms with van der Waals surface area (Å²) < 4.78 is 5.15. The summed E-state index contributed by atoms with van der Waals surface area (Å²) in [6.07, 6.45) is 7.96. The van der Waals surface area contributed by atoms with E-state index < -0.39 is 0 Å². The Hall–Kier alpha value is -0.720. The van der Waals surface area contributed by atoms with Crippen molar-refractivity contribution in [2.24, 2.45) is 11.8 Å². The van der Waals surface area contributed by atoms with E-state index in [0.29, 0.717) is 11.8 Å². The maximum atomic E-state index is 5.15. The summed E-state index contributed by atoms with van der Waals surface area (Å²) in [7, 11) is 1.75. The Bertz CT molecular complexity index is 179. The van der Waals surface area contributed by atoms with Crippen LogP contribution < -0.4 is 0 Å². The highest BCUT2D eigenvalue weighted by atomic mass is 16.5. The van der Waals surface area contributed by atoms with Crippen molar-refractivity contribution in [3.05, 3.63) is 24.0 Å². The Morgan fingerprint density at radius 1 is 1.56 bits per heavy atom. The molecular formula is C8H10O. The first-order chi connectivity index (χ1) is 4.40. The van der Waals surface area contributed by atoms with Gasteiger partial charge in [-0.2, -0.15) is 0 Å². The molecule has 0 saturated carbocycles. The van der Waals surface area contributed by atoms with Gasteiger partial charge in [0.15, 0.2) is 0 Å². The fraction of sp³-hybridized carbons (Fsp3) is 0.500.